The molecule has 1 unspecified atom stereocenters. The first-order chi connectivity index (χ1) is 8.93. The Labute approximate surface area is 110 Å². The molecule has 108 valence electrons. The molecule has 1 saturated heterocycles. The summed E-state index contributed by atoms with van der Waals surface area (Å²) in [5.41, 5.74) is 0. The number of rotatable bonds is 5. The third kappa shape index (κ3) is 8.83. The Morgan fingerprint density at radius 1 is 0.944 bits per heavy atom. The fourth-order valence-electron chi connectivity index (χ4n) is 1.53. The van der Waals surface area contributed by atoms with Gasteiger partial charge >= 0.3 is 0 Å². The first-order valence-electron chi connectivity index (χ1n) is 6.86. The highest BCUT2D eigenvalue weighted by Gasteiger charge is 2.10. The van der Waals surface area contributed by atoms with Crippen LogP contribution >= 0.6 is 0 Å². The van der Waals surface area contributed by atoms with Crippen molar-refractivity contribution in [3.8, 4) is 0 Å². The van der Waals surface area contributed by atoms with Gasteiger partial charge in [0, 0.05) is 6.61 Å². The van der Waals surface area contributed by atoms with Gasteiger partial charge in [0.25, 0.3) is 0 Å². The molecule has 0 aromatic rings. The van der Waals surface area contributed by atoms with Gasteiger partial charge in [-0.1, -0.05) is 13.3 Å². The molecule has 18 heavy (non-hydrogen) atoms. The first-order valence-corrected chi connectivity index (χ1v) is 6.86. The van der Waals surface area contributed by atoms with Gasteiger partial charge in [-0.15, -0.1) is 0 Å². The van der Waals surface area contributed by atoms with Crippen LogP contribution in [-0.2, 0) is 23.7 Å². The standard InChI is InChI=1S/C13H26O5/c1-2-3-4-16-11-13-12-17-8-7-14-5-6-15-9-10-18-13/h13H,2-12H2,1H3. The Kier molecular flexibility index (Phi) is 10.5. The van der Waals surface area contributed by atoms with Crippen molar-refractivity contribution >= 4 is 0 Å². The van der Waals surface area contributed by atoms with Gasteiger partial charge in [-0.05, 0) is 6.42 Å². The van der Waals surface area contributed by atoms with E-state index in [1.807, 2.05) is 0 Å². The maximum atomic E-state index is 5.68. The zero-order chi connectivity index (χ0) is 12.9. The summed E-state index contributed by atoms with van der Waals surface area (Å²) in [6.45, 7) is 7.66. The number of hydrogen-bond acceptors (Lipinski definition) is 5. The summed E-state index contributed by atoms with van der Waals surface area (Å²) in [4.78, 5) is 0. The van der Waals surface area contributed by atoms with Crippen LogP contribution in [0.5, 0.6) is 0 Å². The predicted octanol–water partition coefficient (Wildman–Crippen LogP) is 1.25. The number of unbranched alkanes of at least 4 members (excludes halogenated alkanes) is 1. The lowest BCUT2D eigenvalue weighted by Crippen LogP contribution is -2.29. The van der Waals surface area contributed by atoms with E-state index in [4.69, 9.17) is 23.7 Å². The van der Waals surface area contributed by atoms with Gasteiger partial charge in [0.05, 0.1) is 52.9 Å². The van der Waals surface area contributed by atoms with Crippen LogP contribution in [0.1, 0.15) is 19.8 Å². The molecule has 0 aliphatic carbocycles. The van der Waals surface area contributed by atoms with Gasteiger partial charge in [0.1, 0.15) is 6.10 Å². The van der Waals surface area contributed by atoms with Crippen molar-refractivity contribution in [2.24, 2.45) is 0 Å². The first kappa shape index (κ1) is 15.9. The summed E-state index contributed by atoms with van der Waals surface area (Å²) in [7, 11) is 0. The Bertz CT molecular complexity index is 162. The van der Waals surface area contributed by atoms with Crippen LogP contribution in [0.4, 0.5) is 0 Å². The molecular weight excluding hydrogens is 236 g/mol. The highest BCUT2D eigenvalue weighted by atomic mass is 16.6. The van der Waals surface area contributed by atoms with Crippen molar-refractivity contribution in [2.45, 2.75) is 25.9 Å². The van der Waals surface area contributed by atoms with Crippen LogP contribution in [0.25, 0.3) is 0 Å². The van der Waals surface area contributed by atoms with E-state index >= 15 is 0 Å². The molecule has 1 fully saturated rings. The Morgan fingerprint density at radius 2 is 1.61 bits per heavy atom. The van der Waals surface area contributed by atoms with Crippen LogP contribution in [0, 0.1) is 0 Å². The van der Waals surface area contributed by atoms with Crippen LogP contribution in [0.2, 0.25) is 0 Å². The van der Waals surface area contributed by atoms with E-state index in [-0.39, 0.29) is 6.10 Å². The Hall–Kier alpha value is -0.200. The van der Waals surface area contributed by atoms with E-state index in [0.717, 1.165) is 19.4 Å². The van der Waals surface area contributed by atoms with Crippen molar-refractivity contribution in [2.75, 3.05) is 59.5 Å². The quantitative estimate of drug-likeness (QED) is 0.698. The summed E-state index contributed by atoms with van der Waals surface area (Å²) < 4.78 is 27.4. The van der Waals surface area contributed by atoms with Gasteiger partial charge in [0.2, 0.25) is 0 Å². The van der Waals surface area contributed by atoms with Crippen molar-refractivity contribution in [3.05, 3.63) is 0 Å². The molecule has 1 aliphatic rings. The molecule has 0 N–H and O–H groups in total. The lowest BCUT2D eigenvalue weighted by Gasteiger charge is -2.19. The summed E-state index contributed by atoms with van der Waals surface area (Å²) >= 11 is 0. The van der Waals surface area contributed by atoms with Crippen molar-refractivity contribution < 1.29 is 23.7 Å². The van der Waals surface area contributed by atoms with E-state index in [2.05, 4.69) is 6.92 Å². The van der Waals surface area contributed by atoms with E-state index in [0.29, 0.717) is 52.9 Å². The monoisotopic (exact) mass is 262 g/mol. The summed E-state index contributed by atoms with van der Waals surface area (Å²) in [6.07, 6.45) is 2.22. The van der Waals surface area contributed by atoms with E-state index in [1.165, 1.54) is 0 Å². The molecule has 0 bridgehead atoms. The van der Waals surface area contributed by atoms with E-state index in [9.17, 15) is 0 Å². The Balaban J connectivity index is 2.14. The van der Waals surface area contributed by atoms with E-state index < -0.39 is 0 Å². The van der Waals surface area contributed by atoms with Crippen molar-refractivity contribution in [1.82, 2.24) is 0 Å². The molecule has 0 amide bonds. The van der Waals surface area contributed by atoms with Crippen molar-refractivity contribution in [3.63, 3.8) is 0 Å². The third-order valence-corrected chi connectivity index (χ3v) is 2.57. The minimum atomic E-state index is -0.00937. The van der Waals surface area contributed by atoms with Gasteiger partial charge in [-0.3, -0.25) is 0 Å². The minimum absolute atomic E-state index is 0.00937. The zero-order valence-corrected chi connectivity index (χ0v) is 11.4. The molecule has 0 radical (unpaired) electrons. The molecule has 5 nitrogen and oxygen atoms in total. The summed E-state index contributed by atoms with van der Waals surface area (Å²) in [5.74, 6) is 0. The SMILES string of the molecule is CCCCOCC1COCCOCCOCCO1. The summed E-state index contributed by atoms with van der Waals surface area (Å²) in [6, 6.07) is 0. The highest BCUT2D eigenvalue weighted by molar-refractivity contribution is 4.56. The summed E-state index contributed by atoms with van der Waals surface area (Å²) in [5, 5.41) is 0. The number of ether oxygens (including phenoxy) is 5. The average Bonchev–Trinajstić information content (AvgIpc) is 2.37. The minimum Gasteiger partial charge on any atom is -0.379 e. The lowest BCUT2D eigenvalue weighted by atomic mass is 10.3. The van der Waals surface area contributed by atoms with Crippen LogP contribution < -0.4 is 0 Å². The van der Waals surface area contributed by atoms with Crippen LogP contribution in [-0.4, -0.2) is 65.6 Å². The van der Waals surface area contributed by atoms with Crippen LogP contribution in [0.3, 0.4) is 0 Å². The fourth-order valence-corrected chi connectivity index (χ4v) is 1.53. The molecule has 1 atom stereocenters. The molecule has 1 rings (SSSR count). The third-order valence-electron chi connectivity index (χ3n) is 2.57. The second-order valence-corrected chi connectivity index (χ2v) is 4.22. The molecule has 0 aromatic heterocycles. The van der Waals surface area contributed by atoms with Gasteiger partial charge in [-0.25, -0.2) is 0 Å². The lowest BCUT2D eigenvalue weighted by molar-refractivity contribution is -0.0903. The van der Waals surface area contributed by atoms with Gasteiger partial charge < -0.3 is 23.7 Å². The smallest absolute Gasteiger partial charge is 0.104 e. The fraction of sp³-hybridized carbons (Fsp3) is 1.00. The van der Waals surface area contributed by atoms with Crippen molar-refractivity contribution in [1.29, 1.82) is 0 Å². The van der Waals surface area contributed by atoms with Gasteiger partial charge in [0.15, 0.2) is 0 Å². The second-order valence-electron chi connectivity index (χ2n) is 4.22. The van der Waals surface area contributed by atoms with E-state index in [1.54, 1.807) is 0 Å². The highest BCUT2D eigenvalue weighted by Crippen LogP contribution is 1.99. The molecule has 1 aliphatic heterocycles. The molecular formula is C13H26O5. The normalized spacial score (nSPS) is 24.2. The largest absolute Gasteiger partial charge is 0.379 e. The second kappa shape index (κ2) is 11.9. The molecule has 0 aromatic carbocycles. The van der Waals surface area contributed by atoms with Crippen LogP contribution in [0.15, 0.2) is 0 Å². The maximum Gasteiger partial charge on any atom is 0.104 e. The number of hydrogen-bond donors (Lipinski definition) is 0. The average molecular weight is 262 g/mol. The Morgan fingerprint density at radius 3 is 2.33 bits per heavy atom. The zero-order valence-electron chi connectivity index (χ0n) is 11.4. The molecule has 1 heterocycles. The van der Waals surface area contributed by atoms with Gasteiger partial charge in [-0.2, -0.15) is 0 Å². The molecule has 0 saturated carbocycles. The molecule has 5 heteroatoms. The topological polar surface area (TPSA) is 46.2 Å². The predicted molar refractivity (Wildman–Crippen MR) is 67.9 cm³/mol. The maximum absolute atomic E-state index is 5.68. The molecule has 0 spiro atoms.